The van der Waals surface area contributed by atoms with E-state index in [0.29, 0.717) is 43.6 Å². The van der Waals surface area contributed by atoms with E-state index in [0.717, 1.165) is 32.2 Å². The number of benzene rings is 1. The highest BCUT2D eigenvalue weighted by molar-refractivity contribution is 6.00. The van der Waals surface area contributed by atoms with E-state index in [2.05, 4.69) is 10.2 Å². The molecule has 1 aliphatic carbocycles. The topological polar surface area (TPSA) is 71.1 Å². The Kier molecular flexibility index (Phi) is 6.14. The molecule has 0 aromatic heterocycles. The van der Waals surface area contributed by atoms with Gasteiger partial charge in [0.25, 0.3) is 5.91 Å². The molecule has 7 nitrogen and oxygen atoms in total. The molecule has 1 aromatic carbocycles. The normalized spacial score (nSPS) is 30.8. The molecular weight excluding hydrogens is 394 g/mol. The Labute approximate surface area is 184 Å². The first-order valence-corrected chi connectivity index (χ1v) is 11.9. The number of amides is 2. The maximum atomic E-state index is 13.6. The number of rotatable bonds is 1. The van der Waals surface area contributed by atoms with Crippen molar-refractivity contribution in [1.29, 1.82) is 0 Å². The molecule has 7 heteroatoms. The Balaban J connectivity index is 1.42. The van der Waals surface area contributed by atoms with Crippen LogP contribution >= 0.6 is 0 Å². The van der Waals surface area contributed by atoms with Crippen molar-refractivity contribution in [2.24, 2.45) is 0 Å². The predicted octanol–water partition coefficient (Wildman–Crippen LogP) is 2.20. The highest BCUT2D eigenvalue weighted by Gasteiger charge is 2.40. The van der Waals surface area contributed by atoms with E-state index in [1.165, 1.54) is 19.3 Å². The molecule has 0 radical (unpaired) electrons. The van der Waals surface area contributed by atoms with Gasteiger partial charge in [-0.05, 0) is 44.2 Å². The van der Waals surface area contributed by atoms with E-state index in [9.17, 15) is 9.59 Å². The van der Waals surface area contributed by atoms with Crippen molar-refractivity contribution in [3.63, 3.8) is 0 Å². The van der Waals surface area contributed by atoms with Crippen molar-refractivity contribution in [1.82, 2.24) is 15.1 Å². The molecule has 3 fully saturated rings. The molecule has 5 rings (SSSR count). The minimum Gasteiger partial charge on any atom is -0.493 e. The molecule has 4 aliphatic rings. The van der Waals surface area contributed by atoms with Gasteiger partial charge >= 0.3 is 0 Å². The fourth-order valence-corrected chi connectivity index (χ4v) is 5.26. The highest BCUT2D eigenvalue weighted by atomic mass is 16.5. The maximum Gasteiger partial charge on any atom is 0.258 e. The van der Waals surface area contributed by atoms with Crippen molar-refractivity contribution in [3.8, 4) is 5.75 Å². The first-order valence-electron chi connectivity index (χ1n) is 11.9. The van der Waals surface area contributed by atoms with Gasteiger partial charge < -0.3 is 19.7 Å². The van der Waals surface area contributed by atoms with Crippen LogP contribution in [0.1, 0.15) is 55.3 Å². The van der Waals surface area contributed by atoms with Gasteiger partial charge in [0.05, 0.1) is 24.4 Å². The Hall–Kier alpha value is -2.12. The van der Waals surface area contributed by atoms with Gasteiger partial charge in [-0.2, -0.15) is 0 Å². The third-order valence-electron chi connectivity index (χ3n) is 7.32. The summed E-state index contributed by atoms with van der Waals surface area (Å²) in [5, 5.41) is 3.12. The summed E-state index contributed by atoms with van der Waals surface area (Å²) < 4.78 is 12.3. The van der Waals surface area contributed by atoms with Gasteiger partial charge in [0.15, 0.2) is 0 Å². The van der Waals surface area contributed by atoms with Gasteiger partial charge in [0, 0.05) is 38.6 Å². The monoisotopic (exact) mass is 427 g/mol. The van der Waals surface area contributed by atoms with E-state index in [4.69, 9.17) is 9.47 Å². The molecule has 2 saturated heterocycles. The number of hydrogen-bond donors (Lipinski definition) is 1. The Morgan fingerprint density at radius 1 is 0.935 bits per heavy atom. The summed E-state index contributed by atoms with van der Waals surface area (Å²) >= 11 is 0. The zero-order valence-corrected chi connectivity index (χ0v) is 18.1. The lowest BCUT2D eigenvalue weighted by atomic mass is 9.90. The lowest BCUT2D eigenvalue weighted by Crippen LogP contribution is -2.63. The molecule has 2 bridgehead atoms. The first kappa shape index (κ1) is 20.8. The SMILES string of the molecule is O=C1NC[C@@H]2CCC[C@@H](CCOc3ccccc3C(=O)N3CCN(C4CCC4)C[C@@H]13)O2. The zero-order chi connectivity index (χ0) is 21.2. The molecule has 2 amide bonds. The number of carbonyl (C=O) groups is 2. The fraction of sp³-hybridized carbons (Fsp3) is 0.667. The Morgan fingerprint density at radius 3 is 2.58 bits per heavy atom. The fourth-order valence-electron chi connectivity index (χ4n) is 5.26. The Bertz CT molecular complexity index is 812. The lowest BCUT2D eigenvalue weighted by Gasteiger charge is -2.46. The smallest absolute Gasteiger partial charge is 0.258 e. The van der Waals surface area contributed by atoms with Crippen molar-refractivity contribution in [3.05, 3.63) is 29.8 Å². The van der Waals surface area contributed by atoms with Crippen molar-refractivity contribution in [2.75, 3.05) is 32.8 Å². The van der Waals surface area contributed by atoms with Crippen LogP contribution in [0.3, 0.4) is 0 Å². The van der Waals surface area contributed by atoms with Gasteiger partial charge in [-0.3, -0.25) is 14.5 Å². The van der Waals surface area contributed by atoms with Crippen LogP contribution in [-0.4, -0.2) is 78.7 Å². The average molecular weight is 428 g/mol. The van der Waals surface area contributed by atoms with Gasteiger partial charge in [0.2, 0.25) is 5.91 Å². The van der Waals surface area contributed by atoms with Crippen LogP contribution in [0, 0.1) is 0 Å². The summed E-state index contributed by atoms with van der Waals surface area (Å²) in [6, 6.07) is 7.47. The van der Waals surface area contributed by atoms with Crippen molar-refractivity contribution >= 4 is 11.8 Å². The number of fused-ring (bicyclic) bond motifs is 4. The van der Waals surface area contributed by atoms with Crippen LogP contribution in [-0.2, 0) is 9.53 Å². The molecule has 31 heavy (non-hydrogen) atoms. The van der Waals surface area contributed by atoms with Gasteiger partial charge in [-0.25, -0.2) is 0 Å². The Morgan fingerprint density at radius 2 is 1.74 bits per heavy atom. The van der Waals surface area contributed by atoms with Crippen molar-refractivity contribution < 1.29 is 19.1 Å². The van der Waals surface area contributed by atoms with Crippen LogP contribution in [0.15, 0.2) is 24.3 Å². The third-order valence-corrected chi connectivity index (χ3v) is 7.32. The van der Waals surface area contributed by atoms with Gasteiger partial charge in [-0.1, -0.05) is 18.6 Å². The largest absolute Gasteiger partial charge is 0.493 e. The van der Waals surface area contributed by atoms with Crippen LogP contribution in [0.2, 0.25) is 0 Å². The number of piperazine rings is 1. The quantitative estimate of drug-likeness (QED) is 0.744. The van der Waals surface area contributed by atoms with Crippen LogP contribution < -0.4 is 10.1 Å². The van der Waals surface area contributed by atoms with Crippen LogP contribution in [0.4, 0.5) is 0 Å². The van der Waals surface area contributed by atoms with Crippen LogP contribution in [0.5, 0.6) is 5.75 Å². The van der Waals surface area contributed by atoms with Gasteiger partial charge in [-0.15, -0.1) is 0 Å². The maximum absolute atomic E-state index is 13.6. The van der Waals surface area contributed by atoms with E-state index < -0.39 is 6.04 Å². The molecule has 0 unspecified atom stereocenters. The number of hydrogen-bond acceptors (Lipinski definition) is 5. The summed E-state index contributed by atoms with van der Waals surface area (Å²) in [4.78, 5) is 31.0. The minimum atomic E-state index is -0.489. The lowest BCUT2D eigenvalue weighted by molar-refractivity contribution is -0.130. The summed E-state index contributed by atoms with van der Waals surface area (Å²) in [5.74, 6) is 0.411. The molecule has 1 saturated carbocycles. The number of nitrogens with zero attached hydrogens (tertiary/aromatic N) is 2. The number of para-hydroxylation sites is 1. The second kappa shape index (κ2) is 9.17. The molecule has 168 valence electrons. The van der Waals surface area contributed by atoms with Gasteiger partial charge in [0.1, 0.15) is 11.8 Å². The molecule has 3 heterocycles. The first-order chi connectivity index (χ1) is 15.2. The number of carbonyl (C=O) groups excluding carboxylic acids is 2. The molecule has 1 aromatic rings. The summed E-state index contributed by atoms with van der Waals surface area (Å²) in [6.07, 6.45) is 7.68. The third kappa shape index (κ3) is 4.44. The second-order valence-corrected chi connectivity index (χ2v) is 9.28. The minimum absolute atomic E-state index is 0.0356. The predicted molar refractivity (Wildman–Crippen MR) is 116 cm³/mol. The summed E-state index contributed by atoms with van der Waals surface area (Å²) in [5.41, 5.74) is 0.539. The average Bonchev–Trinajstić information content (AvgIpc) is 2.76. The van der Waals surface area contributed by atoms with E-state index in [1.807, 2.05) is 24.3 Å². The summed E-state index contributed by atoms with van der Waals surface area (Å²) in [7, 11) is 0. The van der Waals surface area contributed by atoms with E-state index in [1.54, 1.807) is 4.90 Å². The van der Waals surface area contributed by atoms with Crippen molar-refractivity contribution in [2.45, 2.75) is 69.2 Å². The van der Waals surface area contributed by atoms with E-state index in [-0.39, 0.29) is 24.0 Å². The number of nitrogens with one attached hydrogen (secondary N) is 1. The van der Waals surface area contributed by atoms with E-state index >= 15 is 0 Å². The summed E-state index contributed by atoms with van der Waals surface area (Å²) in [6.45, 7) is 3.00. The highest BCUT2D eigenvalue weighted by Crippen LogP contribution is 2.29. The second-order valence-electron chi connectivity index (χ2n) is 9.28. The molecule has 1 N–H and O–H groups in total. The standard InChI is InChI=1S/C24H33N3O4/c28-23-21-16-26(17-5-3-6-17)12-13-27(21)24(29)20-9-1-2-10-22(20)30-14-11-18-7-4-8-19(31-18)15-25-23/h1-2,9-10,17-19,21H,3-8,11-16H2,(H,25,28)/t18-,19-,21-/m0/s1. The molecular formula is C24H33N3O4. The number of ether oxygens (including phenoxy) is 2. The molecule has 3 atom stereocenters. The zero-order valence-electron chi connectivity index (χ0n) is 18.1. The molecule has 0 spiro atoms. The van der Waals surface area contributed by atoms with Crippen LogP contribution in [0.25, 0.3) is 0 Å². The molecule has 3 aliphatic heterocycles.